The van der Waals surface area contributed by atoms with E-state index in [1.54, 1.807) is 0 Å². The van der Waals surface area contributed by atoms with Gasteiger partial charge in [0.25, 0.3) is 0 Å². The molecule has 1 aliphatic carbocycles. The van der Waals surface area contributed by atoms with E-state index in [-0.39, 0.29) is 19.1 Å². The molecular formula is C9H16O4. The summed E-state index contributed by atoms with van der Waals surface area (Å²) in [6.07, 6.45) is 2.05. The first-order valence-corrected chi connectivity index (χ1v) is 4.76. The van der Waals surface area contributed by atoms with Crippen LogP contribution >= 0.6 is 0 Å². The van der Waals surface area contributed by atoms with Gasteiger partial charge in [-0.25, -0.2) is 0 Å². The van der Waals surface area contributed by atoms with Crippen LogP contribution in [-0.4, -0.2) is 46.3 Å². The van der Waals surface area contributed by atoms with E-state index in [1.807, 2.05) is 0 Å². The summed E-state index contributed by atoms with van der Waals surface area (Å²) in [5, 5.41) is 28.3. The molecule has 2 fully saturated rings. The minimum absolute atomic E-state index is 0.00493. The maximum absolute atomic E-state index is 10.2. The van der Waals surface area contributed by atoms with Crippen LogP contribution in [0, 0.1) is 5.92 Å². The second kappa shape index (κ2) is 2.92. The van der Waals surface area contributed by atoms with Gasteiger partial charge in [-0.2, -0.15) is 0 Å². The van der Waals surface area contributed by atoms with Crippen molar-refractivity contribution in [2.24, 2.45) is 5.92 Å². The Morgan fingerprint density at radius 1 is 1.38 bits per heavy atom. The van der Waals surface area contributed by atoms with E-state index in [2.05, 4.69) is 0 Å². The molecule has 3 atom stereocenters. The van der Waals surface area contributed by atoms with Crippen molar-refractivity contribution in [1.29, 1.82) is 0 Å². The molecule has 0 aromatic carbocycles. The molecule has 1 saturated heterocycles. The Morgan fingerprint density at radius 2 is 2.15 bits per heavy atom. The van der Waals surface area contributed by atoms with Gasteiger partial charge >= 0.3 is 0 Å². The molecule has 3 N–H and O–H groups in total. The molecule has 1 aliphatic heterocycles. The van der Waals surface area contributed by atoms with Crippen LogP contribution in [0.1, 0.15) is 19.3 Å². The third kappa shape index (κ3) is 1.00. The molecule has 4 nitrogen and oxygen atoms in total. The first-order valence-electron chi connectivity index (χ1n) is 4.76. The molecule has 1 saturated carbocycles. The Hall–Kier alpha value is -0.160. The maximum atomic E-state index is 10.2. The smallest absolute Gasteiger partial charge is 0.122 e. The quantitative estimate of drug-likeness (QED) is 0.546. The van der Waals surface area contributed by atoms with Crippen LogP contribution in [-0.2, 0) is 4.74 Å². The summed E-state index contributed by atoms with van der Waals surface area (Å²) >= 11 is 0. The molecule has 0 spiro atoms. The van der Waals surface area contributed by atoms with Crippen LogP contribution < -0.4 is 0 Å². The Labute approximate surface area is 77.1 Å². The fourth-order valence-corrected chi connectivity index (χ4v) is 2.78. The van der Waals surface area contributed by atoms with E-state index in [0.717, 1.165) is 12.8 Å². The topological polar surface area (TPSA) is 69.9 Å². The minimum atomic E-state index is -1.12. The normalized spacial score (nSPS) is 48.7. The molecule has 0 amide bonds. The minimum Gasteiger partial charge on any atom is -0.396 e. The van der Waals surface area contributed by atoms with E-state index in [9.17, 15) is 10.2 Å². The Morgan fingerprint density at radius 3 is 2.62 bits per heavy atom. The molecule has 13 heavy (non-hydrogen) atoms. The molecule has 2 rings (SSSR count). The second-order valence-electron chi connectivity index (χ2n) is 4.10. The summed E-state index contributed by atoms with van der Waals surface area (Å²) in [4.78, 5) is 0. The van der Waals surface area contributed by atoms with Gasteiger partial charge in [0.2, 0.25) is 0 Å². The molecule has 0 aromatic rings. The van der Waals surface area contributed by atoms with Crippen molar-refractivity contribution < 1.29 is 20.1 Å². The first kappa shape index (κ1) is 9.40. The van der Waals surface area contributed by atoms with Crippen LogP contribution in [0.15, 0.2) is 0 Å². The molecule has 2 bridgehead atoms. The number of rotatable bonds is 3. The van der Waals surface area contributed by atoms with Crippen molar-refractivity contribution in [3.05, 3.63) is 0 Å². The zero-order valence-electron chi connectivity index (χ0n) is 7.57. The van der Waals surface area contributed by atoms with Gasteiger partial charge < -0.3 is 20.1 Å². The third-order valence-electron chi connectivity index (χ3n) is 3.68. The van der Waals surface area contributed by atoms with Crippen molar-refractivity contribution in [2.45, 2.75) is 30.5 Å². The van der Waals surface area contributed by atoms with Gasteiger partial charge in [-0.1, -0.05) is 0 Å². The van der Waals surface area contributed by atoms with Crippen LogP contribution in [0.5, 0.6) is 0 Å². The summed E-state index contributed by atoms with van der Waals surface area (Å²) in [5.41, 5.74) is -1.79. The number of hydrogen-bond acceptors (Lipinski definition) is 4. The molecular weight excluding hydrogens is 172 g/mol. The molecule has 1 heterocycles. The van der Waals surface area contributed by atoms with Crippen molar-refractivity contribution >= 4 is 0 Å². The Balaban J connectivity index is 2.26. The van der Waals surface area contributed by atoms with Crippen LogP contribution in [0.4, 0.5) is 0 Å². The standard InChI is InChI=1S/C9H16O4/c10-4-3-8-2-1-7(5-13-8)9(8,12)6-11/h7,10-12H,1-6H2/t7-,8+,9+/m0/s1. The van der Waals surface area contributed by atoms with Gasteiger partial charge in [0.1, 0.15) is 11.2 Å². The van der Waals surface area contributed by atoms with Crippen LogP contribution in [0.3, 0.4) is 0 Å². The highest BCUT2D eigenvalue weighted by Crippen LogP contribution is 2.53. The number of aliphatic hydroxyl groups excluding tert-OH is 2. The zero-order chi connectivity index (χ0) is 9.53. The van der Waals surface area contributed by atoms with Crippen molar-refractivity contribution in [2.75, 3.05) is 19.8 Å². The average molecular weight is 188 g/mol. The molecule has 0 aromatic heterocycles. The van der Waals surface area contributed by atoms with E-state index in [0.29, 0.717) is 13.0 Å². The van der Waals surface area contributed by atoms with E-state index in [4.69, 9.17) is 9.84 Å². The number of fused-ring (bicyclic) bond motifs is 2. The monoisotopic (exact) mass is 188 g/mol. The summed E-state index contributed by atoms with van der Waals surface area (Å²) in [5.74, 6) is 0.0454. The van der Waals surface area contributed by atoms with E-state index in [1.165, 1.54) is 0 Å². The highest BCUT2D eigenvalue weighted by molar-refractivity contribution is 5.14. The second-order valence-corrected chi connectivity index (χ2v) is 4.10. The summed E-state index contributed by atoms with van der Waals surface area (Å²) < 4.78 is 5.52. The van der Waals surface area contributed by atoms with Gasteiger partial charge in [0, 0.05) is 18.9 Å². The molecule has 0 unspecified atom stereocenters. The van der Waals surface area contributed by atoms with Gasteiger partial charge in [-0.3, -0.25) is 0 Å². The highest BCUT2D eigenvalue weighted by Gasteiger charge is 2.64. The Bertz CT molecular complexity index is 198. The fraction of sp³-hybridized carbons (Fsp3) is 1.00. The maximum Gasteiger partial charge on any atom is 0.122 e. The number of hydrogen-bond donors (Lipinski definition) is 3. The fourth-order valence-electron chi connectivity index (χ4n) is 2.78. The zero-order valence-corrected chi connectivity index (χ0v) is 7.57. The summed E-state index contributed by atoms with van der Waals surface area (Å²) in [6, 6.07) is 0. The van der Waals surface area contributed by atoms with E-state index >= 15 is 0 Å². The largest absolute Gasteiger partial charge is 0.396 e. The van der Waals surface area contributed by atoms with Gasteiger partial charge in [-0.15, -0.1) is 0 Å². The molecule has 76 valence electrons. The highest BCUT2D eigenvalue weighted by atomic mass is 16.5. The first-order chi connectivity index (χ1) is 6.18. The van der Waals surface area contributed by atoms with Crippen LogP contribution in [0.2, 0.25) is 0 Å². The molecule has 4 heteroatoms. The van der Waals surface area contributed by atoms with Gasteiger partial charge in [0.05, 0.1) is 13.2 Å². The predicted octanol–water partition coefficient (Wildman–Crippen LogP) is -0.729. The molecule has 2 aliphatic rings. The SMILES string of the molecule is OCC[C@@]12CC[C@@H](CO1)[C@]2(O)CO. The number of ether oxygens (including phenoxy) is 1. The Kier molecular flexibility index (Phi) is 2.11. The average Bonchev–Trinajstić information content (AvgIpc) is 2.57. The van der Waals surface area contributed by atoms with Crippen LogP contribution in [0.25, 0.3) is 0 Å². The third-order valence-corrected chi connectivity index (χ3v) is 3.68. The predicted molar refractivity (Wildman–Crippen MR) is 45.1 cm³/mol. The van der Waals surface area contributed by atoms with Crippen molar-refractivity contribution in [3.8, 4) is 0 Å². The lowest BCUT2D eigenvalue weighted by atomic mass is 9.82. The lowest BCUT2D eigenvalue weighted by molar-refractivity contribution is -0.140. The lowest BCUT2D eigenvalue weighted by Gasteiger charge is -2.36. The molecule has 0 radical (unpaired) electrons. The number of aliphatic hydroxyl groups is 3. The van der Waals surface area contributed by atoms with Crippen molar-refractivity contribution in [1.82, 2.24) is 0 Å². The summed E-state index contributed by atoms with van der Waals surface area (Å²) in [7, 11) is 0. The van der Waals surface area contributed by atoms with E-state index < -0.39 is 11.2 Å². The van der Waals surface area contributed by atoms with Crippen molar-refractivity contribution in [3.63, 3.8) is 0 Å². The lowest BCUT2D eigenvalue weighted by Crippen LogP contribution is -2.52. The van der Waals surface area contributed by atoms with Gasteiger partial charge in [-0.05, 0) is 12.8 Å². The summed E-state index contributed by atoms with van der Waals surface area (Å²) in [6.45, 7) is 0.240. The van der Waals surface area contributed by atoms with Gasteiger partial charge in [0.15, 0.2) is 0 Å².